The van der Waals surface area contributed by atoms with Gasteiger partial charge >= 0.3 is 5.97 Å². The fourth-order valence-corrected chi connectivity index (χ4v) is 1.65. The number of hydrogen-bond acceptors (Lipinski definition) is 4. The first-order chi connectivity index (χ1) is 5.07. The van der Waals surface area contributed by atoms with Gasteiger partial charge in [0.2, 0.25) is 0 Å². The highest BCUT2D eigenvalue weighted by Crippen LogP contribution is 2.13. The number of thioether (sulfide) groups is 1. The second kappa shape index (κ2) is 5.55. The van der Waals surface area contributed by atoms with Crippen LogP contribution in [0.4, 0.5) is 0 Å². The van der Waals surface area contributed by atoms with Crippen LogP contribution in [0.1, 0.15) is 20.8 Å². The van der Waals surface area contributed by atoms with Gasteiger partial charge in [-0.3, -0.25) is 4.79 Å². The van der Waals surface area contributed by atoms with Gasteiger partial charge in [0.1, 0.15) is 5.25 Å². The average molecular weight is 192 g/mol. The normalized spacial score (nSPS) is 12.3. The van der Waals surface area contributed by atoms with E-state index in [2.05, 4.69) is 0 Å². The average Bonchev–Trinajstić information content (AvgIpc) is 1.86. The third kappa shape index (κ3) is 5.21. The number of carbonyl (C=O) groups excluding carboxylic acids is 1. The van der Waals surface area contributed by atoms with Crippen molar-refractivity contribution in [3.05, 3.63) is 0 Å². The van der Waals surface area contributed by atoms with Crippen molar-refractivity contribution in [1.29, 1.82) is 0 Å². The number of rotatable bonds is 3. The smallest absolute Gasteiger partial charge is 0.319 e. The lowest BCUT2D eigenvalue weighted by Gasteiger charge is -2.07. The van der Waals surface area contributed by atoms with Crippen molar-refractivity contribution < 1.29 is 9.53 Å². The van der Waals surface area contributed by atoms with Gasteiger partial charge in [-0.15, -0.1) is 11.8 Å². The lowest BCUT2D eigenvalue weighted by Crippen LogP contribution is -2.17. The summed E-state index contributed by atoms with van der Waals surface area (Å²) < 4.78 is 5.55. The Balaban J connectivity index is 3.73. The standard InChI is InChI=1S/C7H12O2S2/c1-4-9-7(8)5(2)11-6(3)10/h5H,4H2,1-3H3. The Morgan fingerprint density at radius 3 is 2.64 bits per heavy atom. The Bertz CT molecular complexity index is 157. The van der Waals surface area contributed by atoms with E-state index in [1.807, 2.05) is 0 Å². The van der Waals surface area contributed by atoms with Crippen LogP contribution in [0, 0.1) is 0 Å². The van der Waals surface area contributed by atoms with Crippen LogP contribution in [-0.4, -0.2) is 22.0 Å². The van der Waals surface area contributed by atoms with E-state index in [9.17, 15) is 4.79 Å². The van der Waals surface area contributed by atoms with Crippen LogP contribution in [0.2, 0.25) is 0 Å². The maximum absolute atomic E-state index is 11.0. The highest BCUT2D eigenvalue weighted by Gasteiger charge is 2.14. The summed E-state index contributed by atoms with van der Waals surface area (Å²) in [5.74, 6) is -0.193. The molecule has 0 saturated heterocycles. The number of thiocarbonyl (C=S) groups is 1. The Morgan fingerprint density at radius 2 is 2.27 bits per heavy atom. The molecule has 64 valence electrons. The molecule has 0 heterocycles. The van der Waals surface area contributed by atoms with Gasteiger partial charge in [0, 0.05) is 4.20 Å². The van der Waals surface area contributed by atoms with E-state index >= 15 is 0 Å². The molecular formula is C7H12O2S2. The van der Waals surface area contributed by atoms with Crippen molar-refractivity contribution in [3.8, 4) is 0 Å². The molecule has 0 aromatic rings. The predicted molar refractivity (Wildman–Crippen MR) is 52.0 cm³/mol. The summed E-state index contributed by atoms with van der Waals surface area (Å²) >= 11 is 6.19. The van der Waals surface area contributed by atoms with E-state index in [0.29, 0.717) is 6.61 Å². The molecule has 0 bridgehead atoms. The molecule has 0 aromatic heterocycles. The van der Waals surface area contributed by atoms with Gasteiger partial charge in [0.05, 0.1) is 6.61 Å². The molecule has 0 aliphatic carbocycles. The quantitative estimate of drug-likeness (QED) is 0.505. The zero-order valence-electron chi connectivity index (χ0n) is 6.92. The molecule has 4 heteroatoms. The van der Waals surface area contributed by atoms with Crippen LogP contribution in [0.3, 0.4) is 0 Å². The van der Waals surface area contributed by atoms with Crippen LogP contribution in [0.15, 0.2) is 0 Å². The molecule has 1 unspecified atom stereocenters. The molecule has 1 atom stereocenters. The second-order valence-corrected chi connectivity index (χ2v) is 4.43. The summed E-state index contributed by atoms with van der Waals surface area (Å²) in [5.41, 5.74) is 0. The fourth-order valence-electron chi connectivity index (χ4n) is 0.557. The van der Waals surface area contributed by atoms with E-state index in [1.54, 1.807) is 20.8 Å². The van der Waals surface area contributed by atoms with Crippen LogP contribution in [-0.2, 0) is 9.53 Å². The molecular weight excluding hydrogens is 180 g/mol. The van der Waals surface area contributed by atoms with E-state index in [1.165, 1.54) is 11.8 Å². The van der Waals surface area contributed by atoms with Crippen molar-refractivity contribution in [2.75, 3.05) is 6.61 Å². The van der Waals surface area contributed by atoms with Gasteiger partial charge in [-0.2, -0.15) is 0 Å². The molecule has 2 nitrogen and oxygen atoms in total. The van der Waals surface area contributed by atoms with Gasteiger partial charge < -0.3 is 4.74 Å². The van der Waals surface area contributed by atoms with Crippen molar-refractivity contribution in [2.45, 2.75) is 26.0 Å². The molecule has 0 aliphatic heterocycles. The molecule has 0 N–H and O–H groups in total. The third-order valence-corrected chi connectivity index (χ3v) is 2.13. The maximum atomic E-state index is 11.0. The van der Waals surface area contributed by atoms with E-state index < -0.39 is 0 Å². The van der Waals surface area contributed by atoms with Crippen molar-refractivity contribution in [1.82, 2.24) is 0 Å². The first kappa shape index (κ1) is 10.9. The van der Waals surface area contributed by atoms with Crippen LogP contribution in [0.5, 0.6) is 0 Å². The first-order valence-electron chi connectivity index (χ1n) is 3.41. The molecule has 0 saturated carbocycles. The summed E-state index contributed by atoms with van der Waals surface area (Å²) in [7, 11) is 0. The molecule has 0 amide bonds. The predicted octanol–water partition coefficient (Wildman–Crippen LogP) is 2.02. The number of hydrogen-bond donors (Lipinski definition) is 0. The first-order valence-corrected chi connectivity index (χ1v) is 4.70. The third-order valence-electron chi connectivity index (χ3n) is 0.961. The highest BCUT2D eigenvalue weighted by atomic mass is 32.2. The molecule has 0 radical (unpaired) electrons. The maximum Gasteiger partial charge on any atom is 0.319 e. The minimum absolute atomic E-state index is 0.174. The number of ether oxygens (including phenoxy) is 1. The van der Waals surface area contributed by atoms with Crippen molar-refractivity contribution in [2.24, 2.45) is 0 Å². The molecule has 11 heavy (non-hydrogen) atoms. The van der Waals surface area contributed by atoms with Gasteiger partial charge in [-0.1, -0.05) is 12.2 Å². The van der Waals surface area contributed by atoms with Crippen molar-refractivity contribution in [3.63, 3.8) is 0 Å². The zero-order chi connectivity index (χ0) is 8.85. The topological polar surface area (TPSA) is 26.3 Å². The van der Waals surface area contributed by atoms with E-state index in [4.69, 9.17) is 17.0 Å². The Morgan fingerprint density at radius 1 is 1.73 bits per heavy atom. The summed E-state index contributed by atoms with van der Waals surface area (Å²) in [6.45, 7) is 5.81. The lowest BCUT2D eigenvalue weighted by molar-refractivity contribution is -0.142. The summed E-state index contributed by atoms with van der Waals surface area (Å²) in [4.78, 5) is 11.0. The summed E-state index contributed by atoms with van der Waals surface area (Å²) in [6.07, 6.45) is 0. The van der Waals surface area contributed by atoms with Crippen LogP contribution in [0.25, 0.3) is 0 Å². The molecule has 0 rings (SSSR count). The second-order valence-electron chi connectivity index (χ2n) is 2.00. The number of carbonyl (C=O) groups is 1. The molecule has 0 spiro atoms. The number of esters is 1. The van der Waals surface area contributed by atoms with Gasteiger partial charge in [-0.25, -0.2) is 0 Å². The monoisotopic (exact) mass is 192 g/mol. The largest absolute Gasteiger partial charge is 0.465 e. The molecule has 0 aliphatic rings. The minimum atomic E-state index is -0.193. The van der Waals surface area contributed by atoms with Crippen molar-refractivity contribution >= 4 is 34.1 Å². The SMILES string of the molecule is CCOC(=O)C(C)SC(C)=S. The molecule has 0 aromatic carbocycles. The highest BCUT2D eigenvalue weighted by molar-refractivity contribution is 8.23. The Kier molecular flexibility index (Phi) is 5.50. The Labute approximate surface area is 76.7 Å². The summed E-state index contributed by atoms with van der Waals surface area (Å²) in [6, 6.07) is 0. The van der Waals surface area contributed by atoms with Gasteiger partial charge in [0.15, 0.2) is 0 Å². The summed E-state index contributed by atoms with van der Waals surface area (Å²) in [5, 5.41) is -0.174. The zero-order valence-corrected chi connectivity index (χ0v) is 8.55. The van der Waals surface area contributed by atoms with Crippen LogP contribution < -0.4 is 0 Å². The van der Waals surface area contributed by atoms with Gasteiger partial charge in [-0.05, 0) is 20.8 Å². The minimum Gasteiger partial charge on any atom is -0.465 e. The van der Waals surface area contributed by atoms with Gasteiger partial charge in [0.25, 0.3) is 0 Å². The van der Waals surface area contributed by atoms with Crippen LogP contribution >= 0.6 is 24.0 Å². The Hall–Kier alpha value is -0.0900. The molecule has 0 fully saturated rings. The fraction of sp³-hybridized carbons (Fsp3) is 0.714. The lowest BCUT2D eigenvalue weighted by atomic mass is 10.5. The van der Waals surface area contributed by atoms with E-state index in [-0.39, 0.29) is 11.2 Å². The van der Waals surface area contributed by atoms with E-state index in [0.717, 1.165) is 4.20 Å².